The number of nitrogens with one attached hydrogen (secondary N) is 1. The van der Waals surface area contributed by atoms with Crippen LogP contribution in [-0.4, -0.2) is 25.2 Å². The van der Waals surface area contributed by atoms with Crippen LogP contribution < -0.4 is 10.1 Å². The third kappa shape index (κ3) is 4.05. The molecule has 21 heavy (non-hydrogen) atoms. The maximum Gasteiger partial charge on any atom is 0.128 e. The van der Waals surface area contributed by atoms with Gasteiger partial charge in [0.2, 0.25) is 0 Å². The first-order valence-electron chi connectivity index (χ1n) is 7.51. The van der Waals surface area contributed by atoms with Gasteiger partial charge in [0.05, 0.1) is 17.3 Å². The number of thiazole rings is 1. The minimum atomic E-state index is 0.502. The van der Waals surface area contributed by atoms with Crippen molar-refractivity contribution >= 4 is 11.3 Å². The third-order valence-electron chi connectivity index (χ3n) is 3.39. The van der Waals surface area contributed by atoms with Gasteiger partial charge in [-0.25, -0.2) is 4.98 Å². The van der Waals surface area contributed by atoms with E-state index in [0.29, 0.717) is 12.5 Å². The molecule has 0 amide bonds. The Morgan fingerprint density at radius 1 is 1.33 bits per heavy atom. The smallest absolute Gasteiger partial charge is 0.128 e. The third-order valence-corrected chi connectivity index (χ3v) is 4.30. The maximum atomic E-state index is 5.77. The van der Waals surface area contributed by atoms with Crippen LogP contribution in [0.3, 0.4) is 0 Å². The molecule has 0 aliphatic heterocycles. The maximum absolute atomic E-state index is 5.77. The molecule has 0 fully saturated rings. The molecule has 0 atom stereocenters. The number of hydrogen-bond donors (Lipinski definition) is 1. The van der Waals surface area contributed by atoms with Gasteiger partial charge in [-0.1, -0.05) is 19.9 Å². The highest BCUT2D eigenvalue weighted by Crippen LogP contribution is 2.33. The topological polar surface area (TPSA) is 34.1 Å². The van der Waals surface area contributed by atoms with Crippen LogP contribution in [-0.2, 0) is 6.42 Å². The van der Waals surface area contributed by atoms with Crippen LogP contribution in [0.1, 0.15) is 37.3 Å². The van der Waals surface area contributed by atoms with Gasteiger partial charge in [0.1, 0.15) is 5.75 Å². The molecule has 0 aliphatic rings. The first-order chi connectivity index (χ1) is 10.2. The van der Waals surface area contributed by atoms with Crippen molar-refractivity contribution in [3.05, 3.63) is 34.2 Å². The van der Waals surface area contributed by atoms with Crippen molar-refractivity contribution in [2.24, 2.45) is 0 Å². The van der Waals surface area contributed by atoms with Crippen LogP contribution in [0.25, 0.3) is 11.3 Å². The summed E-state index contributed by atoms with van der Waals surface area (Å²) in [6, 6.07) is 6.43. The van der Waals surface area contributed by atoms with Crippen molar-refractivity contribution in [2.45, 2.75) is 33.1 Å². The van der Waals surface area contributed by atoms with Crippen molar-refractivity contribution in [1.29, 1.82) is 0 Å². The Bertz CT molecular complexity index is 578. The molecule has 0 unspecified atom stereocenters. The lowest BCUT2D eigenvalue weighted by Gasteiger charge is -2.12. The number of aromatic nitrogens is 1. The summed E-state index contributed by atoms with van der Waals surface area (Å²) >= 11 is 1.72. The fourth-order valence-corrected chi connectivity index (χ4v) is 2.97. The molecular formula is C17H24N2OS. The van der Waals surface area contributed by atoms with Crippen LogP contribution in [0, 0.1) is 0 Å². The SMILES string of the molecule is CCOc1ccc(C(C)C)cc1-c1csc(CCNC)n1. The summed E-state index contributed by atoms with van der Waals surface area (Å²) in [6.45, 7) is 8.05. The molecule has 4 heteroatoms. The second-order valence-corrected chi connectivity index (χ2v) is 6.27. The van der Waals surface area contributed by atoms with Gasteiger partial charge >= 0.3 is 0 Å². The van der Waals surface area contributed by atoms with Gasteiger partial charge in [0.15, 0.2) is 0 Å². The lowest BCUT2D eigenvalue weighted by atomic mass is 9.99. The van der Waals surface area contributed by atoms with E-state index in [4.69, 9.17) is 9.72 Å². The number of nitrogens with zero attached hydrogens (tertiary/aromatic N) is 1. The normalized spacial score (nSPS) is 11.1. The average molecular weight is 304 g/mol. The summed E-state index contributed by atoms with van der Waals surface area (Å²) in [5.41, 5.74) is 3.45. The zero-order valence-corrected chi connectivity index (χ0v) is 14.1. The van der Waals surface area contributed by atoms with Gasteiger partial charge in [0, 0.05) is 23.9 Å². The average Bonchev–Trinajstić information content (AvgIpc) is 2.94. The van der Waals surface area contributed by atoms with Gasteiger partial charge in [-0.3, -0.25) is 0 Å². The van der Waals surface area contributed by atoms with Crippen molar-refractivity contribution in [3.8, 4) is 17.0 Å². The zero-order valence-electron chi connectivity index (χ0n) is 13.3. The van der Waals surface area contributed by atoms with E-state index >= 15 is 0 Å². The Hall–Kier alpha value is -1.39. The summed E-state index contributed by atoms with van der Waals surface area (Å²) in [6.07, 6.45) is 0.967. The van der Waals surface area contributed by atoms with E-state index < -0.39 is 0 Å². The largest absolute Gasteiger partial charge is 0.493 e. The molecule has 2 aromatic rings. The summed E-state index contributed by atoms with van der Waals surface area (Å²) in [5.74, 6) is 1.43. The first-order valence-corrected chi connectivity index (χ1v) is 8.39. The van der Waals surface area contributed by atoms with Crippen LogP contribution >= 0.6 is 11.3 Å². The van der Waals surface area contributed by atoms with E-state index in [9.17, 15) is 0 Å². The van der Waals surface area contributed by atoms with E-state index in [0.717, 1.165) is 35.0 Å². The number of hydrogen-bond acceptors (Lipinski definition) is 4. The molecule has 0 radical (unpaired) electrons. The quantitative estimate of drug-likeness (QED) is 0.836. The predicted molar refractivity (Wildman–Crippen MR) is 90.4 cm³/mol. The fraction of sp³-hybridized carbons (Fsp3) is 0.471. The van der Waals surface area contributed by atoms with Crippen LogP contribution in [0.4, 0.5) is 0 Å². The predicted octanol–water partition coefficient (Wildman–Crippen LogP) is 4.09. The monoisotopic (exact) mass is 304 g/mol. The van der Waals surface area contributed by atoms with Crippen LogP contribution in [0.15, 0.2) is 23.6 Å². The summed E-state index contributed by atoms with van der Waals surface area (Å²) in [5, 5.41) is 6.46. The van der Waals surface area contributed by atoms with Gasteiger partial charge in [-0.2, -0.15) is 0 Å². The van der Waals surface area contributed by atoms with E-state index in [-0.39, 0.29) is 0 Å². The molecular weight excluding hydrogens is 280 g/mol. The summed E-state index contributed by atoms with van der Waals surface area (Å²) < 4.78 is 5.77. The lowest BCUT2D eigenvalue weighted by Crippen LogP contribution is -2.09. The molecule has 114 valence electrons. The highest BCUT2D eigenvalue weighted by Gasteiger charge is 2.12. The highest BCUT2D eigenvalue weighted by molar-refractivity contribution is 7.09. The second kappa shape index (κ2) is 7.57. The van der Waals surface area contributed by atoms with Gasteiger partial charge in [-0.05, 0) is 37.6 Å². The standard InChI is InChI=1S/C17H24N2OS/c1-5-20-16-7-6-13(12(2)3)10-14(16)15-11-21-17(19-15)8-9-18-4/h6-7,10-12,18H,5,8-9H2,1-4H3. The number of ether oxygens (including phenoxy) is 1. The fourth-order valence-electron chi connectivity index (χ4n) is 2.17. The summed E-state index contributed by atoms with van der Waals surface area (Å²) in [4.78, 5) is 4.76. The van der Waals surface area contributed by atoms with Crippen molar-refractivity contribution < 1.29 is 4.74 Å². The van der Waals surface area contributed by atoms with Crippen molar-refractivity contribution in [3.63, 3.8) is 0 Å². The molecule has 0 saturated carbocycles. The van der Waals surface area contributed by atoms with Gasteiger partial charge in [-0.15, -0.1) is 11.3 Å². The second-order valence-electron chi connectivity index (χ2n) is 5.32. The van der Waals surface area contributed by atoms with Crippen LogP contribution in [0.2, 0.25) is 0 Å². The summed E-state index contributed by atoms with van der Waals surface area (Å²) in [7, 11) is 1.97. The molecule has 1 aromatic carbocycles. The first kappa shape index (κ1) is 16.0. The van der Waals surface area contributed by atoms with E-state index in [1.807, 2.05) is 14.0 Å². The zero-order chi connectivity index (χ0) is 15.2. The highest BCUT2D eigenvalue weighted by atomic mass is 32.1. The van der Waals surface area contributed by atoms with Crippen molar-refractivity contribution in [1.82, 2.24) is 10.3 Å². The lowest BCUT2D eigenvalue weighted by molar-refractivity contribution is 0.341. The van der Waals surface area contributed by atoms with Gasteiger partial charge in [0.25, 0.3) is 0 Å². The Balaban J connectivity index is 2.34. The molecule has 0 bridgehead atoms. The minimum absolute atomic E-state index is 0.502. The molecule has 3 nitrogen and oxygen atoms in total. The molecule has 0 spiro atoms. The van der Waals surface area contributed by atoms with Crippen LogP contribution in [0.5, 0.6) is 5.75 Å². The van der Waals surface area contributed by atoms with Gasteiger partial charge < -0.3 is 10.1 Å². The Kier molecular flexibility index (Phi) is 5.76. The molecule has 1 N–H and O–H groups in total. The number of likely N-dealkylation sites (N-methyl/N-ethyl adjacent to an activating group) is 1. The van der Waals surface area contributed by atoms with E-state index in [2.05, 4.69) is 42.7 Å². The molecule has 2 rings (SSSR count). The van der Waals surface area contributed by atoms with E-state index in [1.54, 1.807) is 11.3 Å². The molecule has 1 aromatic heterocycles. The van der Waals surface area contributed by atoms with E-state index in [1.165, 1.54) is 5.56 Å². The number of benzene rings is 1. The minimum Gasteiger partial charge on any atom is -0.493 e. The molecule has 0 saturated heterocycles. The Morgan fingerprint density at radius 3 is 2.81 bits per heavy atom. The number of rotatable bonds is 7. The van der Waals surface area contributed by atoms with Crippen molar-refractivity contribution in [2.75, 3.05) is 20.2 Å². The Labute approximate surface area is 131 Å². The Morgan fingerprint density at radius 2 is 2.14 bits per heavy atom. The molecule has 1 heterocycles. The molecule has 0 aliphatic carbocycles.